The predicted octanol–water partition coefficient (Wildman–Crippen LogP) is 1.34. The second-order valence-electron chi connectivity index (χ2n) is 3.61. The van der Waals surface area contributed by atoms with E-state index in [2.05, 4.69) is 10.1 Å². The Hall–Kier alpha value is -1.03. The molecule has 0 spiro atoms. The standard InChI is InChI=1S/C9H13ClN4/c1-14-5-7(10)8(13-14)4-12-9(11)6-2-3-6/h5-6H,2-4H2,1H3,(H2,11,12). The Morgan fingerprint density at radius 1 is 1.79 bits per heavy atom. The Morgan fingerprint density at radius 3 is 3.00 bits per heavy atom. The molecule has 76 valence electrons. The minimum Gasteiger partial charge on any atom is -0.387 e. The van der Waals surface area contributed by atoms with Crippen LogP contribution >= 0.6 is 11.6 Å². The van der Waals surface area contributed by atoms with Gasteiger partial charge in [0.15, 0.2) is 0 Å². The molecule has 14 heavy (non-hydrogen) atoms. The molecule has 1 saturated carbocycles. The van der Waals surface area contributed by atoms with E-state index in [1.54, 1.807) is 10.9 Å². The smallest absolute Gasteiger partial charge is 0.102 e. The molecule has 1 aliphatic rings. The normalized spacial score (nSPS) is 17.4. The maximum Gasteiger partial charge on any atom is 0.102 e. The maximum absolute atomic E-state index is 5.93. The van der Waals surface area contributed by atoms with Crippen LogP contribution in [-0.2, 0) is 13.6 Å². The summed E-state index contributed by atoms with van der Waals surface area (Å²) in [4.78, 5) is 4.26. The van der Waals surface area contributed by atoms with E-state index in [0.29, 0.717) is 17.5 Å². The summed E-state index contributed by atoms with van der Waals surface area (Å²) in [6.45, 7) is 0.488. The predicted molar refractivity (Wildman–Crippen MR) is 56.3 cm³/mol. The lowest BCUT2D eigenvalue weighted by atomic mass is 10.4. The van der Waals surface area contributed by atoms with Crippen LogP contribution in [0.4, 0.5) is 0 Å². The number of aromatic nitrogens is 2. The molecule has 0 amide bonds. The molecule has 5 heteroatoms. The van der Waals surface area contributed by atoms with Gasteiger partial charge in [-0.15, -0.1) is 0 Å². The van der Waals surface area contributed by atoms with Crippen molar-refractivity contribution in [1.82, 2.24) is 9.78 Å². The van der Waals surface area contributed by atoms with Crippen molar-refractivity contribution in [3.05, 3.63) is 16.9 Å². The van der Waals surface area contributed by atoms with Gasteiger partial charge in [-0.25, -0.2) is 0 Å². The number of aliphatic imine (C=N–C) groups is 1. The summed E-state index contributed by atoms with van der Waals surface area (Å²) >= 11 is 5.93. The van der Waals surface area contributed by atoms with Gasteiger partial charge in [0, 0.05) is 19.2 Å². The largest absolute Gasteiger partial charge is 0.387 e. The molecule has 0 unspecified atom stereocenters. The summed E-state index contributed by atoms with van der Waals surface area (Å²) in [5.41, 5.74) is 6.55. The van der Waals surface area contributed by atoms with E-state index >= 15 is 0 Å². The number of nitrogens with two attached hydrogens (primary N) is 1. The molecule has 1 aliphatic carbocycles. The minimum atomic E-state index is 0.488. The fourth-order valence-electron chi connectivity index (χ4n) is 1.29. The van der Waals surface area contributed by atoms with Gasteiger partial charge in [0.2, 0.25) is 0 Å². The Bertz CT molecular complexity index is 365. The molecule has 0 atom stereocenters. The second kappa shape index (κ2) is 3.61. The van der Waals surface area contributed by atoms with Crippen molar-refractivity contribution < 1.29 is 0 Å². The Kier molecular flexibility index (Phi) is 2.46. The Balaban J connectivity index is 2.03. The van der Waals surface area contributed by atoms with Crippen LogP contribution in [0, 0.1) is 5.92 Å². The van der Waals surface area contributed by atoms with Crippen LogP contribution < -0.4 is 5.73 Å². The van der Waals surface area contributed by atoms with Crippen LogP contribution in [-0.4, -0.2) is 15.6 Å². The average molecular weight is 213 g/mol. The lowest BCUT2D eigenvalue weighted by Crippen LogP contribution is -2.14. The van der Waals surface area contributed by atoms with Crippen molar-refractivity contribution >= 4 is 17.4 Å². The molecule has 0 bridgehead atoms. The van der Waals surface area contributed by atoms with Gasteiger partial charge < -0.3 is 5.73 Å². The third-order valence-electron chi connectivity index (χ3n) is 2.26. The quantitative estimate of drug-likeness (QED) is 0.607. The van der Waals surface area contributed by atoms with Crippen molar-refractivity contribution in [3.63, 3.8) is 0 Å². The fraction of sp³-hybridized carbons (Fsp3) is 0.556. The number of rotatable bonds is 3. The van der Waals surface area contributed by atoms with Gasteiger partial charge >= 0.3 is 0 Å². The third-order valence-corrected chi connectivity index (χ3v) is 2.58. The Labute approximate surface area is 87.8 Å². The molecule has 0 aromatic carbocycles. The van der Waals surface area contributed by atoms with Crippen LogP contribution in [0.5, 0.6) is 0 Å². The zero-order valence-electron chi connectivity index (χ0n) is 8.07. The van der Waals surface area contributed by atoms with Crippen LogP contribution in [0.15, 0.2) is 11.2 Å². The number of aryl methyl sites for hydroxylation is 1. The Morgan fingerprint density at radius 2 is 2.50 bits per heavy atom. The van der Waals surface area contributed by atoms with Gasteiger partial charge in [0.1, 0.15) is 5.69 Å². The van der Waals surface area contributed by atoms with E-state index in [4.69, 9.17) is 17.3 Å². The van der Waals surface area contributed by atoms with Crippen molar-refractivity contribution in [2.75, 3.05) is 0 Å². The lowest BCUT2D eigenvalue weighted by molar-refractivity contribution is 0.742. The maximum atomic E-state index is 5.93. The lowest BCUT2D eigenvalue weighted by Gasteiger charge is -1.96. The number of nitrogens with zero attached hydrogens (tertiary/aromatic N) is 3. The SMILES string of the molecule is Cn1cc(Cl)c(CN=C(N)C2CC2)n1. The van der Waals surface area contributed by atoms with Crippen LogP contribution in [0.2, 0.25) is 5.02 Å². The van der Waals surface area contributed by atoms with E-state index in [9.17, 15) is 0 Å². The molecule has 0 aliphatic heterocycles. The van der Waals surface area contributed by atoms with Gasteiger partial charge in [-0.05, 0) is 12.8 Å². The van der Waals surface area contributed by atoms with Crippen molar-refractivity contribution in [1.29, 1.82) is 0 Å². The highest BCUT2D eigenvalue weighted by Gasteiger charge is 2.25. The summed E-state index contributed by atoms with van der Waals surface area (Å²) in [6, 6.07) is 0. The van der Waals surface area contributed by atoms with Crippen molar-refractivity contribution in [3.8, 4) is 0 Å². The number of hydrogen-bond acceptors (Lipinski definition) is 2. The highest BCUT2D eigenvalue weighted by atomic mass is 35.5. The monoisotopic (exact) mass is 212 g/mol. The summed E-state index contributed by atoms with van der Waals surface area (Å²) in [7, 11) is 1.84. The molecule has 1 aromatic rings. The summed E-state index contributed by atoms with van der Waals surface area (Å²) in [5, 5.41) is 4.84. The fourth-order valence-corrected chi connectivity index (χ4v) is 1.53. The molecule has 0 saturated heterocycles. The summed E-state index contributed by atoms with van der Waals surface area (Å²) < 4.78 is 1.68. The van der Waals surface area contributed by atoms with Gasteiger partial charge in [0.05, 0.1) is 17.4 Å². The third kappa shape index (κ3) is 2.07. The zero-order chi connectivity index (χ0) is 10.1. The van der Waals surface area contributed by atoms with Gasteiger partial charge in [-0.1, -0.05) is 11.6 Å². The molecule has 1 aromatic heterocycles. The highest BCUT2D eigenvalue weighted by molar-refractivity contribution is 6.31. The van der Waals surface area contributed by atoms with E-state index in [-0.39, 0.29) is 0 Å². The van der Waals surface area contributed by atoms with Gasteiger partial charge in [-0.3, -0.25) is 9.67 Å². The second-order valence-corrected chi connectivity index (χ2v) is 4.02. The molecule has 2 N–H and O–H groups in total. The van der Waals surface area contributed by atoms with Gasteiger partial charge in [0.25, 0.3) is 0 Å². The molecule has 4 nitrogen and oxygen atoms in total. The molecule has 1 heterocycles. The first-order chi connectivity index (χ1) is 6.66. The average Bonchev–Trinajstić information content (AvgIpc) is 2.90. The zero-order valence-corrected chi connectivity index (χ0v) is 8.83. The van der Waals surface area contributed by atoms with E-state index in [1.165, 1.54) is 12.8 Å². The van der Waals surface area contributed by atoms with Crippen LogP contribution in [0.25, 0.3) is 0 Å². The van der Waals surface area contributed by atoms with Crippen molar-refractivity contribution in [2.24, 2.45) is 23.7 Å². The molecule has 2 rings (SSSR count). The van der Waals surface area contributed by atoms with Crippen LogP contribution in [0.3, 0.4) is 0 Å². The van der Waals surface area contributed by atoms with E-state index in [0.717, 1.165) is 11.5 Å². The number of hydrogen-bond donors (Lipinski definition) is 1. The first kappa shape index (κ1) is 9.52. The molecular weight excluding hydrogens is 200 g/mol. The number of amidine groups is 1. The van der Waals surface area contributed by atoms with Crippen LogP contribution in [0.1, 0.15) is 18.5 Å². The first-order valence-corrected chi connectivity index (χ1v) is 5.02. The van der Waals surface area contributed by atoms with Crippen molar-refractivity contribution in [2.45, 2.75) is 19.4 Å². The van der Waals surface area contributed by atoms with Gasteiger partial charge in [-0.2, -0.15) is 5.10 Å². The number of halogens is 1. The molecular formula is C9H13ClN4. The molecule has 0 radical (unpaired) electrons. The minimum absolute atomic E-state index is 0.488. The van der Waals surface area contributed by atoms with E-state index in [1.807, 2.05) is 7.05 Å². The topological polar surface area (TPSA) is 56.2 Å². The molecule has 1 fully saturated rings. The first-order valence-electron chi connectivity index (χ1n) is 4.64. The van der Waals surface area contributed by atoms with E-state index < -0.39 is 0 Å². The summed E-state index contributed by atoms with van der Waals surface area (Å²) in [6.07, 6.45) is 4.11. The highest BCUT2D eigenvalue weighted by Crippen LogP contribution is 2.29. The summed E-state index contributed by atoms with van der Waals surface area (Å²) in [5.74, 6) is 1.25.